The van der Waals surface area contributed by atoms with E-state index in [1.165, 1.54) is 0 Å². The second kappa shape index (κ2) is 9.57. The number of anilines is 1. The standard InChI is InChI=1S/C20H15ClF3N3O4S2/c1-11-5-6-13(8-15(11)21)26-17(28)10-32-19-25-9-16(18(29)27-19)33(30,31)14-4-2-3-12(7-14)20(22,23)24/h2-9H,10H2,1H3,(H,26,28)(H,25,27,29). The molecule has 3 rings (SSSR count). The number of amides is 1. The van der Waals surface area contributed by atoms with Crippen molar-refractivity contribution in [2.75, 3.05) is 11.1 Å². The number of benzene rings is 2. The number of hydrogen-bond acceptors (Lipinski definition) is 6. The highest BCUT2D eigenvalue weighted by molar-refractivity contribution is 7.99. The highest BCUT2D eigenvalue weighted by Crippen LogP contribution is 2.31. The number of rotatable bonds is 6. The van der Waals surface area contributed by atoms with E-state index in [0.717, 1.165) is 41.7 Å². The van der Waals surface area contributed by atoms with Gasteiger partial charge in [-0.1, -0.05) is 35.5 Å². The largest absolute Gasteiger partial charge is 0.416 e. The summed E-state index contributed by atoms with van der Waals surface area (Å²) in [6.07, 6.45) is -4.00. The zero-order chi connectivity index (χ0) is 24.4. The second-order valence-corrected chi connectivity index (χ2v) is 10.0. The summed E-state index contributed by atoms with van der Waals surface area (Å²) in [5, 5.41) is 3.05. The molecule has 174 valence electrons. The number of aromatic nitrogens is 2. The molecule has 0 bridgehead atoms. The van der Waals surface area contributed by atoms with E-state index >= 15 is 0 Å². The van der Waals surface area contributed by atoms with Crippen LogP contribution in [0.2, 0.25) is 5.02 Å². The van der Waals surface area contributed by atoms with Gasteiger partial charge < -0.3 is 10.3 Å². The number of nitrogens with one attached hydrogen (secondary N) is 2. The van der Waals surface area contributed by atoms with Gasteiger partial charge in [0.1, 0.15) is 0 Å². The summed E-state index contributed by atoms with van der Waals surface area (Å²) in [5.41, 5.74) is -0.928. The number of thioether (sulfide) groups is 1. The van der Waals surface area contributed by atoms with Crippen LogP contribution in [-0.2, 0) is 20.8 Å². The Hall–Kier alpha value is -2.83. The Morgan fingerprint density at radius 3 is 2.58 bits per heavy atom. The van der Waals surface area contributed by atoms with Crippen molar-refractivity contribution >= 4 is 44.8 Å². The van der Waals surface area contributed by atoms with E-state index in [4.69, 9.17) is 11.6 Å². The molecule has 0 atom stereocenters. The van der Waals surface area contributed by atoms with Crippen molar-refractivity contribution in [1.29, 1.82) is 0 Å². The summed E-state index contributed by atoms with van der Waals surface area (Å²) in [4.78, 5) is 29.0. The fourth-order valence-corrected chi connectivity index (χ4v) is 4.69. The molecule has 0 spiro atoms. The molecule has 0 radical (unpaired) electrons. The molecule has 0 saturated heterocycles. The van der Waals surface area contributed by atoms with Crippen molar-refractivity contribution in [2.24, 2.45) is 0 Å². The summed E-state index contributed by atoms with van der Waals surface area (Å²) in [6.45, 7) is 1.81. The smallest absolute Gasteiger partial charge is 0.325 e. The molecule has 33 heavy (non-hydrogen) atoms. The molecule has 0 aliphatic heterocycles. The van der Waals surface area contributed by atoms with Gasteiger partial charge in [0.05, 0.1) is 22.4 Å². The molecule has 0 aliphatic carbocycles. The molecular weight excluding hydrogens is 503 g/mol. The minimum Gasteiger partial charge on any atom is -0.325 e. The lowest BCUT2D eigenvalue weighted by atomic mass is 10.2. The number of H-pyrrole nitrogens is 1. The van der Waals surface area contributed by atoms with E-state index in [9.17, 15) is 31.2 Å². The Kier molecular flexibility index (Phi) is 7.20. The molecule has 0 aliphatic rings. The highest BCUT2D eigenvalue weighted by Gasteiger charge is 2.32. The van der Waals surface area contributed by atoms with E-state index in [2.05, 4.69) is 15.3 Å². The minimum absolute atomic E-state index is 0.0416. The number of hydrogen-bond donors (Lipinski definition) is 2. The van der Waals surface area contributed by atoms with E-state index in [1.54, 1.807) is 18.2 Å². The summed E-state index contributed by atoms with van der Waals surface area (Å²) in [7, 11) is -4.56. The number of nitrogens with zero attached hydrogens (tertiary/aromatic N) is 1. The normalized spacial score (nSPS) is 11.9. The Morgan fingerprint density at radius 2 is 1.94 bits per heavy atom. The molecular formula is C20H15ClF3N3O4S2. The van der Waals surface area contributed by atoms with E-state index in [0.29, 0.717) is 16.8 Å². The molecule has 1 heterocycles. The molecule has 0 unspecified atom stereocenters. The number of carbonyl (C=O) groups is 1. The zero-order valence-electron chi connectivity index (χ0n) is 16.7. The van der Waals surface area contributed by atoms with Gasteiger partial charge >= 0.3 is 6.18 Å². The Morgan fingerprint density at radius 1 is 1.21 bits per heavy atom. The van der Waals surface area contributed by atoms with Crippen LogP contribution in [0.1, 0.15) is 11.1 Å². The van der Waals surface area contributed by atoms with Crippen LogP contribution in [0.25, 0.3) is 0 Å². The van der Waals surface area contributed by atoms with Gasteiger partial charge in [-0.15, -0.1) is 0 Å². The maximum Gasteiger partial charge on any atom is 0.416 e. The zero-order valence-corrected chi connectivity index (χ0v) is 19.1. The summed E-state index contributed by atoms with van der Waals surface area (Å²) in [6, 6.07) is 8.02. The number of aromatic amines is 1. The molecule has 1 amide bonds. The summed E-state index contributed by atoms with van der Waals surface area (Å²) >= 11 is 6.84. The minimum atomic E-state index is -4.75. The SMILES string of the molecule is Cc1ccc(NC(=O)CSc2ncc(S(=O)(=O)c3cccc(C(F)(F)F)c3)c(=O)[nH]2)cc1Cl. The van der Waals surface area contributed by atoms with Crippen molar-refractivity contribution in [1.82, 2.24) is 9.97 Å². The van der Waals surface area contributed by atoms with Crippen LogP contribution < -0.4 is 10.9 Å². The van der Waals surface area contributed by atoms with Gasteiger partial charge in [0.25, 0.3) is 5.56 Å². The number of alkyl halides is 3. The van der Waals surface area contributed by atoms with Crippen LogP contribution >= 0.6 is 23.4 Å². The number of aryl methyl sites for hydroxylation is 1. The molecule has 13 heteroatoms. The molecule has 1 aromatic heterocycles. The fourth-order valence-electron chi connectivity index (χ4n) is 2.60. The van der Waals surface area contributed by atoms with Gasteiger partial charge in [0.2, 0.25) is 15.7 Å². The van der Waals surface area contributed by atoms with E-state index < -0.39 is 42.8 Å². The van der Waals surface area contributed by atoms with Gasteiger partial charge in [-0.2, -0.15) is 13.2 Å². The maximum absolute atomic E-state index is 12.9. The van der Waals surface area contributed by atoms with E-state index in [1.807, 2.05) is 6.92 Å². The lowest BCUT2D eigenvalue weighted by Gasteiger charge is -2.09. The Balaban J connectivity index is 1.74. The first-order valence-electron chi connectivity index (χ1n) is 9.08. The lowest BCUT2D eigenvalue weighted by Crippen LogP contribution is -2.20. The monoisotopic (exact) mass is 517 g/mol. The first kappa shape index (κ1) is 24.8. The van der Waals surface area contributed by atoms with Crippen molar-refractivity contribution in [3.63, 3.8) is 0 Å². The van der Waals surface area contributed by atoms with Crippen LogP contribution in [0.5, 0.6) is 0 Å². The lowest BCUT2D eigenvalue weighted by molar-refractivity contribution is -0.137. The molecule has 3 aromatic rings. The van der Waals surface area contributed by atoms with Crippen molar-refractivity contribution in [2.45, 2.75) is 28.0 Å². The van der Waals surface area contributed by atoms with Crippen molar-refractivity contribution in [3.05, 3.63) is 75.2 Å². The molecule has 0 saturated carbocycles. The van der Waals surface area contributed by atoms with Crippen molar-refractivity contribution in [3.8, 4) is 0 Å². The second-order valence-electron chi connectivity index (χ2n) is 6.71. The fraction of sp³-hybridized carbons (Fsp3) is 0.150. The topological polar surface area (TPSA) is 109 Å². The molecule has 2 N–H and O–H groups in total. The van der Waals surface area contributed by atoms with Gasteiger partial charge in [0.15, 0.2) is 10.1 Å². The Bertz CT molecular complexity index is 1380. The van der Waals surface area contributed by atoms with Gasteiger partial charge in [-0.25, -0.2) is 13.4 Å². The van der Waals surface area contributed by atoms with Gasteiger partial charge in [-0.05, 0) is 42.8 Å². The predicted molar refractivity (Wildman–Crippen MR) is 117 cm³/mol. The molecule has 2 aromatic carbocycles. The van der Waals surface area contributed by atoms with Crippen LogP contribution in [0.4, 0.5) is 18.9 Å². The third-order valence-electron chi connectivity index (χ3n) is 4.30. The van der Waals surface area contributed by atoms with Crippen LogP contribution in [0.3, 0.4) is 0 Å². The molecule has 0 fully saturated rings. The summed E-state index contributed by atoms with van der Waals surface area (Å²) in [5.74, 6) is -0.586. The maximum atomic E-state index is 12.9. The third kappa shape index (κ3) is 5.95. The van der Waals surface area contributed by atoms with Crippen LogP contribution in [0.15, 0.2) is 68.4 Å². The summed E-state index contributed by atoms with van der Waals surface area (Å²) < 4.78 is 64.0. The molecule has 7 nitrogen and oxygen atoms in total. The van der Waals surface area contributed by atoms with Gasteiger partial charge in [-0.3, -0.25) is 9.59 Å². The predicted octanol–water partition coefficient (Wildman–Crippen LogP) is 4.31. The first-order chi connectivity index (χ1) is 15.4. The number of sulfone groups is 1. The van der Waals surface area contributed by atoms with Crippen LogP contribution in [-0.4, -0.2) is 30.0 Å². The quantitative estimate of drug-likeness (QED) is 0.372. The van der Waals surface area contributed by atoms with Crippen molar-refractivity contribution < 1.29 is 26.4 Å². The average Bonchev–Trinajstić information content (AvgIpc) is 2.74. The van der Waals surface area contributed by atoms with E-state index in [-0.39, 0.29) is 10.9 Å². The average molecular weight is 518 g/mol. The first-order valence-corrected chi connectivity index (χ1v) is 11.9. The number of halogens is 4. The van der Waals surface area contributed by atoms with Crippen LogP contribution in [0, 0.1) is 6.92 Å². The highest BCUT2D eigenvalue weighted by atomic mass is 35.5. The van der Waals surface area contributed by atoms with Gasteiger partial charge in [0, 0.05) is 10.7 Å². The number of carbonyl (C=O) groups excluding carboxylic acids is 1. The Labute approximate surface area is 195 Å². The third-order valence-corrected chi connectivity index (χ3v) is 7.34.